The first-order valence-electron chi connectivity index (χ1n) is 7.04. The zero-order valence-corrected chi connectivity index (χ0v) is 12.5. The number of aryl methyl sites for hydroxylation is 1. The van der Waals surface area contributed by atoms with Gasteiger partial charge in [-0.05, 0) is 19.1 Å². The minimum atomic E-state index is -1.10. The lowest BCUT2D eigenvalue weighted by Gasteiger charge is -2.14. The molecule has 1 atom stereocenters. The molecule has 0 aliphatic rings. The van der Waals surface area contributed by atoms with E-state index in [1.165, 1.54) is 0 Å². The van der Waals surface area contributed by atoms with Crippen molar-refractivity contribution in [2.24, 2.45) is 0 Å². The molecular weight excluding hydrogens is 288 g/mol. The molecule has 0 saturated heterocycles. The number of aliphatic carboxylic acids is 1. The van der Waals surface area contributed by atoms with Crippen LogP contribution >= 0.6 is 0 Å². The van der Waals surface area contributed by atoms with Gasteiger partial charge in [0.05, 0.1) is 26.2 Å². The Kier molecular flexibility index (Phi) is 8.13. The molecule has 0 aliphatic heterocycles. The van der Waals surface area contributed by atoms with E-state index in [2.05, 4.69) is 10.6 Å². The maximum Gasteiger partial charge on any atom is 0.321 e. The van der Waals surface area contributed by atoms with Crippen LogP contribution in [-0.2, 0) is 14.3 Å². The van der Waals surface area contributed by atoms with Gasteiger partial charge in [-0.15, -0.1) is 0 Å². The van der Waals surface area contributed by atoms with E-state index in [9.17, 15) is 9.59 Å². The van der Waals surface area contributed by atoms with E-state index in [1.54, 1.807) is 12.1 Å². The molecule has 0 fully saturated rings. The Labute approximate surface area is 129 Å². The number of carboxylic acids is 1. The molecule has 0 aliphatic carbocycles. The summed E-state index contributed by atoms with van der Waals surface area (Å²) in [6.45, 7) is 2.61. The lowest BCUT2D eigenvalue weighted by Crippen LogP contribution is -2.41. The number of anilines is 1. The van der Waals surface area contributed by atoms with Crippen molar-refractivity contribution < 1.29 is 24.5 Å². The fourth-order valence-electron chi connectivity index (χ4n) is 1.75. The standard InChI is InChI=1S/C15H22N2O5/c1-11-2-4-12(5-3-11)17-14(19)10-13(15(20)21)16-6-8-22-9-7-18/h2-5,13,16,18H,6-10H2,1H3,(H,17,19)(H,20,21). The van der Waals surface area contributed by atoms with Crippen molar-refractivity contribution in [2.45, 2.75) is 19.4 Å². The predicted octanol–water partition coefficient (Wildman–Crippen LogP) is 0.375. The molecule has 22 heavy (non-hydrogen) atoms. The van der Waals surface area contributed by atoms with Gasteiger partial charge in [0.1, 0.15) is 6.04 Å². The molecule has 0 saturated carbocycles. The minimum absolute atomic E-state index is 0.0820. The first kappa shape index (κ1) is 18.1. The van der Waals surface area contributed by atoms with Gasteiger partial charge in [0, 0.05) is 12.2 Å². The fraction of sp³-hybridized carbons (Fsp3) is 0.467. The molecule has 1 aromatic rings. The largest absolute Gasteiger partial charge is 0.480 e. The number of rotatable bonds is 10. The molecule has 0 radical (unpaired) electrons. The van der Waals surface area contributed by atoms with Gasteiger partial charge >= 0.3 is 5.97 Å². The quantitative estimate of drug-likeness (QED) is 0.465. The third-order valence-electron chi connectivity index (χ3n) is 2.90. The van der Waals surface area contributed by atoms with E-state index in [1.807, 2.05) is 19.1 Å². The SMILES string of the molecule is Cc1ccc(NC(=O)CC(NCCOCCO)C(=O)O)cc1. The molecule has 4 N–H and O–H groups in total. The van der Waals surface area contributed by atoms with Crippen LogP contribution in [0.2, 0.25) is 0 Å². The van der Waals surface area contributed by atoms with Crippen molar-refractivity contribution in [1.82, 2.24) is 5.32 Å². The highest BCUT2D eigenvalue weighted by atomic mass is 16.5. The number of ether oxygens (including phenoxy) is 1. The van der Waals surface area contributed by atoms with Crippen LogP contribution in [0, 0.1) is 6.92 Å². The van der Waals surface area contributed by atoms with Crippen molar-refractivity contribution in [3.63, 3.8) is 0 Å². The molecule has 122 valence electrons. The van der Waals surface area contributed by atoms with Gasteiger partial charge < -0.3 is 25.6 Å². The molecule has 0 spiro atoms. The number of hydrogen-bond donors (Lipinski definition) is 4. The van der Waals surface area contributed by atoms with E-state index >= 15 is 0 Å². The first-order chi connectivity index (χ1) is 10.5. The average Bonchev–Trinajstić information content (AvgIpc) is 2.48. The van der Waals surface area contributed by atoms with Crippen molar-refractivity contribution in [2.75, 3.05) is 31.7 Å². The molecule has 0 heterocycles. The Morgan fingerprint density at radius 1 is 1.23 bits per heavy atom. The number of amides is 1. The number of hydrogen-bond acceptors (Lipinski definition) is 5. The highest BCUT2D eigenvalue weighted by Crippen LogP contribution is 2.09. The van der Waals surface area contributed by atoms with Crippen molar-refractivity contribution >= 4 is 17.6 Å². The van der Waals surface area contributed by atoms with E-state index in [-0.39, 0.29) is 38.7 Å². The van der Waals surface area contributed by atoms with Gasteiger partial charge in [0.15, 0.2) is 0 Å². The summed E-state index contributed by atoms with van der Waals surface area (Å²) in [6.07, 6.45) is -0.177. The van der Waals surface area contributed by atoms with Crippen molar-refractivity contribution in [3.8, 4) is 0 Å². The summed E-state index contributed by atoms with van der Waals surface area (Å²) in [5.41, 5.74) is 1.71. The number of carbonyl (C=O) groups is 2. The number of benzene rings is 1. The first-order valence-corrected chi connectivity index (χ1v) is 7.04. The number of nitrogens with one attached hydrogen (secondary N) is 2. The second-order valence-electron chi connectivity index (χ2n) is 4.80. The molecule has 0 aromatic heterocycles. The Morgan fingerprint density at radius 3 is 2.50 bits per heavy atom. The van der Waals surface area contributed by atoms with E-state index in [0.29, 0.717) is 5.69 Å². The molecule has 1 amide bonds. The van der Waals surface area contributed by atoms with Crippen LogP contribution < -0.4 is 10.6 Å². The Hall–Kier alpha value is -1.96. The van der Waals surface area contributed by atoms with Gasteiger partial charge in [-0.3, -0.25) is 9.59 Å². The van der Waals surface area contributed by atoms with Gasteiger partial charge in [-0.2, -0.15) is 0 Å². The van der Waals surface area contributed by atoms with Crippen LogP contribution in [0.4, 0.5) is 5.69 Å². The minimum Gasteiger partial charge on any atom is -0.480 e. The Bertz CT molecular complexity index is 475. The van der Waals surface area contributed by atoms with Crippen LogP contribution in [0.1, 0.15) is 12.0 Å². The second kappa shape index (κ2) is 9.88. The Balaban J connectivity index is 2.39. The van der Waals surface area contributed by atoms with Gasteiger partial charge in [0.2, 0.25) is 5.91 Å². The van der Waals surface area contributed by atoms with Crippen LogP contribution in [0.5, 0.6) is 0 Å². The zero-order valence-electron chi connectivity index (χ0n) is 12.5. The van der Waals surface area contributed by atoms with Gasteiger partial charge in [0.25, 0.3) is 0 Å². The lowest BCUT2D eigenvalue weighted by atomic mass is 10.2. The summed E-state index contributed by atoms with van der Waals surface area (Å²) in [4.78, 5) is 23.0. The molecular formula is C15H22N2O5. The molecule has 0 bridgehead atoms. The predicted molar refractivity (Wildman–Crippen MR) is 81.8 cm³/mol. The zero-order chi connectivity index (χ0) is 16.4. The lowest BCUT2D eigenvalue weighted by molar-refractivity contribution is -0.141. The van der Waals surface area contributed by atoms with Crippen LogP contribution in [-0.4, -0.2) is 54.5 Å². The highest BCUT2D eigenvalue weighted by Gasteiger charge is 2.20. The summed E-state index contributed by atoms with van der Waals surface area (Å²) < 4.78 is 5.02. The van der Waals surface area contributed by atoms with Crippen molar-refractivity contribution in [1.29, 1.82) is 0 Å². The number of carbonyl (C=O) groups excluding carboxylic acids is 1. The third kappa shape index (κ3) is 7.16. The Morgan fingerprint density at radius 2 is 1.91 bits per heavy atom. The second-order valence-corrected chi connectivity index (χ2v) is 4.80. The number of aliphatic hydroxyl groups excluding tert-OH is 1. The average molecular weight is 310 g/mol. The number of aliphatic hydroxyl groups is 1. The molecule has 1 rings (SSSR count). The third-order valence-corrected chi connectivity index (χ3v) is 2.90. The maximum atomic E-state index is 11.9. The van der Waals surface area contributed by atoms with Crippen molar-refractivity contribution in [3.05, 3.63) is 29.8 Å². The topological polar surface area (TPSA) is 108 Å². The van der Waals surface area contributed by atoms with Gasteiger partial charge in [-0.25, -0.2) is 0 Å². The summed E-state index contributed by atoms with van der Waals surface area (Å²) in [5.74, 6) is -1.47. The molecule has 1 aromatic carbocycles. The molecule has 7 heteroatoms. The van der Waals surface area contributed by atoms with E-state index < -0.39 is 12.0 Å². The summed E-state index contributed by atoms with van der Waals surface area (Å²) in [7, 11) is 0. The van der Waals surface area contributed by atoms with Crippen LogP contribution in [0.3, 0.4) is 0 Å². The maximum absolute atomic E-state index is 11.9. The highest BCUT2D eigenvalue weighted by molar-refractivity contribution is 5.94. The summed E-state index contributed by atoms with van der Waals surface area (Å²) >= 11 is 0. The smallest absolute Gasteiger partial charge is 0.321 e. The number of carboxylic acid groups (broad SMARTS) is 1. The van der Waals surface area contributed by atoms with Crippen LogP contribution in [0.15, 0.2) is 24.3 Å². The van der Waals surface area contributed by atoms with Crippen LogP contribution in [0.25, 0.3) is 0 Å². The monoisotopic (exact) mass is 310 g/mol. The van der Waals surface area contributed by atoms with E-state index in [0.717, 1.165) is 5.56 Å². The summed E-state index contributed by atoms with van der Waals surface area (Å²) in [6, 6.07) is 6.27. The fourth-order valence-corrected chi connectivity index (χ4v) is 1.75. The molecule has 7 nitrogen and oxygen atoms in total. The van der Waals surface area contributed by atoms with E-state index in [4.69, 9.17) is 14.9 Å². The summed E-state index contributed by atoms with van der Waals surface area (Å²) in [5, 5.41) is 23.0. The van der Waals surface area contributed by atoms with Gasteiger partial charge in [-0.1, -0.05) is 17.7 Å². The normalized spacial score (nSPS) is 11.9. The molecule has 1 unspecified atom stereocenters.